The van der Waals surface area contributed by atoms with E-state index in [0.29, 0.717) is 62.4 Å². The Morgan fingerprint density at radius 1 is 1.00 bits per heavy atom. The minimum Gasteiger partial charge on any atom is -0.378 e. The Morgan fingerprint density at radius 3 is 2.45 bits per heavy atom. The van der Waals surface area contributed by atoms with Crippen LogP contribution in [0.1, 0.15) is 33.0 Å². The predicted molar refractivity (Wildman–Crippen MR) is 119 cm³/mol. The number of para-hydroxylation sites is 2. The lowest BCUT2D eigenvalue weighted by Gasteiger charge is -2.42. The second kappa shape index (κ2) is 8.45. The minimum absolute atomic E-state index is 0.0138. The molecule has 0 spiro atoms. The van der Waals surface area contributed by atoms with Gasteiger partial charge in [0.2, 0.25) is 17.8 Å². The van der Waals surface area contributed by atoms with Crippen LogP contribution >= 0.6 is 0 Å². The number of morpholine rings is 2. The summed E-state index contributed by atoms with van der Waals surface area (Å²) in [6.07, 6.45) is -2.79. The van der Waals surface area contributed by atoms with Gasteiger partial charge < -0.3 is 19.3 Å². The molecule has 4 heterocycles. The third kappa shape index (κ3) is 4.22. The summed E-state index contributed by atoms with van der Waals surface area (Å²) in [4.78, 5) is 22.3. The standard InChI is InChI=1S/C22H27F2N7O2/c1-14-12-33-22(2,3)13-30(14)20-26-19(29-8-10-32-11-9-29)27-21(28-20)31-16-7-5-4-6-15(16)25-18(31)17(23)24/h4-7,14,17H,8-13H2,1-3H3/t14-/m1/s1. The fourth-order valence-corrected chi connectivity index (χ4v) is 4.19. The summed E-state index contributed by atoms with van der Waals surface area (Å²) in [5.41, 5.74) is 0.589. The zero-order valence-corrected chi connectivity index (χ0v) is 18.9. The number of aromatic nitrogens is 5. The van der Waals surface area contributed by atoms with E-state index < -0.39 is 17.9 Å². The summed E-state index contributed by atoms with van der Waals surface area (Å²) < 4.78 is 40.8. The van der Waals surface area contributed by atoms with Crippen LogP contribution in [0.2, 0.25) is 0 Å². The molecule has 2 saturated heterocycles. The van der Waals surface area contributed by atoms with Crippen molar-refractivity contribution in [3.8, 4) is 5.95 Å². The Hall–Kier alpha value is -2.92. The van der Waals surface area contributed by atoms with Gasteiger partial charge in [-0.05, 0) is 32.9 Å². The molecule has 176 valence electrons. The van der Waals surface area contributed by atoms with Gasteiger partial charge in [0.05, 0.1) is 42.5 Å². The van der Waals surface area contributed by atoms with E-state index in [1.807, 2.05) is 25.7 Å². The van der Waals surface area contributed by atoms with E-state index >= 15 is 0 Å². The van der Waals surface area contributed by atoms with E-state index in [4.69, 9.17) is 14.5 Å². The summed E-state index contributed by atoms with van der Waals surface area (Å²) in [7, 11) is 0. The average molecular weight is 460 g/mol. The molecule has 5 rings (SSSR count). The molecular weight excluding hydrogens is 432 g/mol. The first-order valence-electron chi connectivity index (χ1n) is 11.1. The molecule has 1 aromatic carbocycles. The van der Waals surface area contributed by atoms with Crippen molar-refractivity contribution in [3.63, 3.8) is 0 Å². The second-order valence-electron chi connectivity index (χ2n) is 8.98. The van der Waals surface area contributed by atoms with Crippen molar-refractivity contribution in [2.24, 2.45) is 0 Å². The molecule has 0 N–H and O–H groups in total. The Morgan fingerprint density at radius 2 is 1.70 bits per heavy atom. The van der Waals surface area contributed by atoms with Crippen molar-refractivity contribution in [1.29, 1.82) is 0 Å². The van der Waals surface area contributed by atoms with Gasteiger partial charge in [0, 0.05) is 19.6 Å². The molecule has 11 heteroatoms. The zero-order chi connectivity index (χ0) is 23.2. The number of halogens is 2. The molecule has 0 bridgehead atoms. The number of hydrogen-bond acceptors (Lipinski definition) is 8. The van der Waals surface area contributed by atoms with E-state index in [0.717, 1.165) is 0 Å². The summed E-state index contributed by atoms with van der Waals surface area (Å²) in [6, 6.07) is 7.01. The van der Waals surface area contributed by atoms with Crippen molar-refractivity contribution < 1.29 is 18.3 Å². The lowest BCUT2D eigenvalue weighted by Crippen LogP contribution is -2.54. The minimum atomic E-state index is -2.79. The number of anilines is 2. The van der Waals surface area contributed by atoms with Crippen LogP contribution in [0.5, 0.6) is 0 Å². The molecule has 0 radical (unpaired) electrons. The third-order valence-electron chi connectivity index (χ3n) is 5.93. The summed E-state index contributed by atoms with van der Waals surface area (Å²) in [5.74, 6) is 0.606. The van der Waals surface area contributed by atoms with Crippen LogP contribution in [0, 0.1) is 0 Å². The highest BCUT2D eigenvalue weighted by Gasteiger charge is 2.34. The molecule has 0 unspecified atom stereocenters. The highest BCUT2D eigenvalue weighted by Crippen LogP contribution is 2.30. The Kier molecular flexibility index (Phi) is 5.61. The molecule has 1 atom stereocenters. The predicted octanol–water partition coefficient (Wildman–Crippen LogP) is 2.99. The summed E-state index contributed by atoms with van der Waals surface area (Å²) >= 11 is 0. The fourth-order valence-electron chi connectivity index (χ4n) is 4.19. The molecule has 0 amide bonds. The van der Waals surface area contributed by atoms with Gasteiger partial charge in [0.1, 0.15) is 0 Å². The quantitative estimate of drug-likeness (QED) is 0.589. The average Bonchev–Trinajstić information content (AvgIpc) is 3.21. The number of nitrogens with zero attached hydrogens (tertiary/aromatic N) is 7. The first kappa shape index (κ1) is 21.9. The molecule has 2 fully saturated rings. The van der Waals surface area contributed by atoms with E-state index in [1.165, 1.54) is 4.57 Å². The molecule has 2 aromatic heterocycles. The fraction of sp³-hybridized carbons (Fsp3) is 0.545. The van der Waals surface area contributed by atoms with Crippen LogP contribution < -0.4 is 9.80 Å². The molecule has 9 nitrogen and oxygen atoms in total. The summed E-state index contributed by atoms with van der Waals surface area (Å²) in [6.45, 7) is 9.44. The van der Waals surface area contributed by atoms with Gasteiger partial charge >= 0.3 is 0 Å². The number of hydrogen-bond donors (Lipinski definition) is 0. The molecular formula is C22H27F2N7O2. The number of imidazole rings is 1. The van der Waals surface area contributed by atoms with Gasteiger partial charge in [-0.25, -0.2) is 13.8 Å². The molecule has 3 aromatic rings. The Labute approximate surface area is 190 Å². The van der Waals surface area contributed by atoms with Gasteiger partial charge in [-0.2, -0.15) is 15.0 Å². The van der Waals surface area contributed by atoms with Crippen molar-refractivity contribution in [3.05, 3.63) is 30.1 Å². The largest absolute Gasteiger partial charge is 0.378 e. The normalized spacial score (nSPS) is 21.2. The number of alkyl halides is 2. The van der Waals surface area contributed by atoms with Gasteiger partial charge in [0.15, 0.2) is 5.82 Å². The van der Waals surface area contributed by atoms with Gasteiger partial charge in [-0.15, -0.1) is 0 Å². The van der Waals surface area contributed by atoms with Crippen LogP contribution in [-0.4, -0.2) is 75.6 Å². The van der Waals surface area contributed by atoms with Crippen LogP contribution in [0.15, 0.2) is 24.3 Å². The maximum Gasteiger partial charge on any atom is 0.296 e. The molecule has 0 aliphatic carbocycles. The molecule has 2 aliphatic rings. The first-order valence-corrected chi connectivity index (χ1v) is 11.1. The maximum absolute atomic E-state index is 14.0. The lowest BCUT2D eigenvalue weighted by molar-refractivity contribution is -0.0426. The van der Waals surface area contributed by atoms with Crippen LogP contribution in [0.4, 0.5) is 20.7 Å². The van der Waals surface area contributed by atoms with Crippen LogP contribution in [0.25, 0.3) is 17.0 Å². The SMILES string of the molecule is C[C@@H]1COC(C)(C)CN1c1nc(N2CCOCC2)nc(-n2c(C(F)F)nc3ccccc32)n1. The Balaban J connectivity index is 1.69. The Bertz CT molecular complexity index is 1150. The maximum atomic E-state index is 14.0. The van der Waals surface area contributed by atoms with Gasteiger partial charge in [0.25, 0.3) is 6.43 Å². The third-order valence-corrected chi connectivity index (χ3v) is 5.93. The number of benzene rings is 1. The van der Waals surface area contributed by atoms with Gasteiger partial charge in [-0.1, -0.05) is 12.1 Å². The number of rotatable bonds is 4. The zero-order valence-electron chi connectivity index (χ0n) is 18.9. The van der Waals surface area contributed by atoms with Crippen molar-refractivity contribution in [2.75, 3.05) is 49.3 Å². The van der Waals surface area contributed by atoms with Crippen molar-refractivity contribution in [2.45, 2.75) is 38.8 Å². The van der Waals surface area contributed by atoms with E-state index in [1.54, 1.807) is 24.3 Å². The molecule has 0 saturated carbocycles. The van der Waals surface area contributed by atoms with Crippen LogP contribution in [-0.2, 0) is 9.47 Å². The highest BCUT2D eigenvalue weighted by molar-refractivity contribution is 5.77. The topological polar surface area (TPSA) is 81.4 Å². The summed E-state index contributed by atoms with van der Waals surface area (Å²) in [5, 5.41) is 0. The smallest absolute Gasteiger partial charge is 0.296 e. The second-order valence-corrected chi connectivity index (χ2v) is 8.98. The van der Waals surface area contributed by atoms with E-state index in [-0.39, 0.29) is 12.0 Å². The molecule has 2 aliphatic heterocycles. The lowest BCUT2D eigenvalue weighted by atomic mass is 10.1. The van der Waals surface area contributed by atoms with Gasteiger partial charge in [-0.3, -0.25) is 4.57 Å². The monoisotopic (exact) mass is 459 g/mol. The van der Waals surface area contributed by atoms with Crippen molar-refractivity contribution in [1.82, 2.24) is 24.5 Å². The van der Waals surface area contributed by atoms with E-state index in [2.05, 4.69) is 19.9 Å². The van der Waals surface area contributed by atoms with E-state index in [9.17, 15) is 8.78 Å². The number of fused-ring (bicyclic) bond motifs is 1. The van der Waals surface area contributed by atoms with Crippen molar-refractivity contribution >= 4 is 22.9 Å². The first-order chi connectivity index (χ1) is 15.8. The number of ether oxygens (including phenoxy) is 2. The van der Waals surface area contributed by atoms with Crippen LogP contribution in [0.3, 0.4) is 0 Å². The highest BCUT2D eigenvalue weighted by atomic mass is 19.3. The molecule has 33 heavy (non-hydrogen) atoms.